The summed E-state index contributed by atoms with van der Waals surface area (Å²) in [4.78, 5) is 0. The molecule has 124 valence electrons. The molecule has 0 unspecified atom stereocenters. The van der Waals surface area contributed by atoms with Gasteiger partial charge >= 0.3 is 0 Å². The third-order valence-corrected chi connectivity index (χ3v) is 4.98. The predicted octanol–water partition coefficient (Wildman–Crippen LogP) is 6.05. The van der Waals surface area contributed by atoms with Crippen LogP contribution in [0, 0.1) is 0 Å². The minimum absolute atomic E-state index is 1.25. The summed E-state index contributed by atoms with van der Waals surface area (Å²) in [7, 11) is 0. The highest BCUT2D eigenvalue weighted by Gasteiger charge is 2.13. The highest BCUT2D eigenvalue weighted by Crippen LogP contribution is 2.33. The lowest BCUT2D eigenvalue weighted by molar-refractivity contribution is 0.690. The minimum atomic E-state index is 1.25. The van der Waals surface area contributed by atoms with E-state index in [1.807, 2.05) is 36.7 Å². The van der Waals surface area contributed by atoms with Gasteiger partial charge < -0.3 is 5.32 Å². The van der Waals surface area contributed by atoms with Gasteiger partial charge in [-0.05, 0) is 70.5 Å². The molecule has 0 aromatic heterocycles. The predicted molar refractivity (Wildman–Crippen MR) is 109 cm³/mol. The molecule has 0 atom stereocenters. The standard InChI is InChI=1S/C18H16.C6H7N/c1-3-7-15-13(5-1)9-11-18-16-8-4-2-6-14(16)10-12-17(15)18;1-2-4-6-7-5-3-1/h1,3,5,7,9-12H,2,4,6,8H2;1-7H. The summed E-state index contributed by atoms with van der Waals surface area (Å²) in [6.45, 7) is 0. The Kier molecular flexibility index (Phi) is 4.65. The van der Waals surface area contributed by atoms with E-state index in [4.69, 9.17) is 0 Å². The molecule has 2 aliphatic rings. The van der Waals surface area contributed by atoms with E-state index in [0.717, 1.165) is 0 Å². The van der Waals surface area contributed by atoms with E-state index in [1.54, 1.807) is 11.1 Å². The second-order valence-corrected chi connectivity index (χ2v) is 6.56. The molecule has 1 aliphatic carbocycles. The molecule has 3 aromatic rings. The van der Waals surface area contributed by atoms with Crippen LogP contribution in [0.25, 0.3) is 21.5 Å². The first-order valence-electron chi connectivity index (χ1n) is 9.10. The van der Waals surface area contributed by atoms with E-state index in [2.05, 4.69) is 53.8 Å². The van der Waals surface area contributed by atoms with Crippen molar-refractivity contribution in [1.29, 1.82) is 0 Å². The molecule has 1 heterocycles. The van der Waals surface area contributed by atoms with E-state index in [-0.39, 0.29) is 0 Å². The van der Waals surface area contributed by atoms with Gasteiger partial charge in [-0.2, -0.15) is 0 Å². The fourth-order valence-electron chi connectivity index (χ4n) is 3.75. The molecule has 1 aliphatic heterocycles. The Morgan fingerprint density at radius 1 is 0.600 bits per heavy atom. The Balaban J connectivity index is 0.000000190. The fraction of sp³-hybridized carbons (Fsp3) is 0.167. The Morgan fingerprint density at radius 2 is 1.36 bits per heavy atom. The van der Waals surface area contributed by atoms with Crippen molar-refractivity contribution in [2.45, 2.75) is 25.7 Å². The lowest BCUT2D eigenvalue weighted by atomic mass is 9.86. The van der Waals surface area contributed by atoms with Gasteiger partial charge in [-0.25, -0.2) is 0 Å². The molecule has 5 rings (SSSR count). The molecule has 0 spiro atoms. The minimum Gasteiger partial charge on any atom is -0.368 e. The number of nitrogens with one attached hydrogen (secondary N) is 1. The lowest BCUT2D eigenvalue weighted by Gasteiger charge is -2.18. The molecule has 0 saturated heterocycles. The summed E-state index contributed by atoms with van der Waals surface area (Å²) in [5, 5.41) is 8.57. The Bertz CT molecular complexity index is 962. The number of fused-ring (bicyclic) bond motifs is 5. The van der Waals surface area contributed by atoms with Gasteiger partial charge in [-0.15, -0.1) is 0 Å². The van der Waals surface area contributed by atoms with E-state index in [1.165, 1.54) is 47.2 Å². The van der Waals surface area contributed by atoms with Gasteiger partial charge in [0.15, 0.2) is 0 Å². The molecule has 0 fully saturated rings. The Labute approximate surface area is 149 Å². The SMILES string of the molecule is C1=CC=CNC=C1.c1ccc2c(c1)ccc1c3c(ccc12)CCCC3. The van der Waals surface area contributed by atoms with Crippen molar-refractivity contribution in [2.75, 3.05) is 0 Å². The number of aryl methyl sites for hydroxylation is 2. The largest absolute Gasteiger partial charge is 0.368 e. The number of rotatable bonds is 0. The number of hydrogen-bond donors (Lipinski definition) is 1. The molecular weight excluding hydrogens is 302 g/mol. The molecule has 0 bridgehead atoms. The van der Waals surface area contributed by atoms with Crippen LogP contribution in [0.2, 0.25) is 0 Å². The van der Waals surface area contributed by atoms with Gasteiger partial charge in [0.1, 0.15) is 0 Å². The van der Waals surface area contributed by atoms with Crippen LogP contribution in [-0.4, -0.2) is 0 Å². The van der Waals surface area contributed by atoms with E-state index >= 15 is 0 Å². The molecule has 0 amide bonds. The third kappa shape index (κ3) is 3.36. The first kappa shape index (κ1) is 15.7. The van der Waals surface area contributed by atoms with Crippen molar-refractivity contribution in [3.63, 3.8) is 0 Å². The number of hydrogen-bond acceptors (Lipinski definition) is 1. The zero-order chi connectivity index (χ0) is 16.9. The molecule has 0 radical (unpaired) electrons. The normalized spacial score (nSPS) is 15.2. The quantitative estimate of drug-likeness (QED) is 0.496. The fourth-order valence-corrected chi connectivity index (χ4v) is 3.75. The van der Waals surface area contributed by atoms with Gasteiger partial charge in [0.05, 0.1) is 0 Å². The van der Waals surface area contributed by atoms with E-state index in [9.17, 15) is 0 Å². The number of benzene rings is 3. The second kappa shape index (κ2) is 7.40. The van der Waals surface area contributed by atoms with Crippen molar-refractivity contribution in [3.8, 4) is 0 Å². The van der Waals surface area contributed by atoms with Crippen molar-refractivity contribution in [1.82, 2.24) is 5.32 Å². The molecule has 1 N–H and O–H groups in total. The topological polar surface area (TPSA) is 12.0 Å². The maximum absolute atomic E-state index is 2.92. The maximum atomic E-state index is 2.92. The van der Waals surface area contributed by atoms with Crippen LogP contribution < -0.4 is 5.32 Å². The van der Waals surface area contributed by atoms with Crippen molar-refractivity contribution >= 4 is 21.5 Å². The second-order valence-electron chi connectivity index (χ2n) is 6.56. The van der Waals surface area contributed by atoms with Crippen molar-refractivity contribution in [2.24, 2.45) is 0 Å². The third-order valence-electron chi connectivity index (χ3n) is 4.98. The highest BCUT2D eigenvalue weighted by atomic mass is 14.8. The lowest BCUT2D eigenvalue weighted by Crippen LogP contribution is -2.02. The average molecular weight is 325 g/mol. The smallest absolute Gasteiger partial charge is 0.000442 e. The molecule has 1 nitrogen and oxygen atoms in total. The summed E-state index contributed by atoms with van der Waals surface area (Å²) < 4.78 is 0. The molecule has 0 saturated carbocycles. The highest BCUT2D eigenvalue weighted by molar-refractivity contribution is 6.08. The van der Waals surface area contributed by atoms with E-state index in [0.29, 0.717) is 0 Å². The molecular formula is C24H23N. The molecule has 3 aromatic carbocycles. The van der Waals surface area contributed by atoms with Gasteiger partial charge in [0.2, 0.25) is 0 Å². The zero-order valence-corrected chi connectivity index (χ0v) is 14.4. The van der Waals surface area contributed by atoms with Crippen LogP contribution in [0.4, 0.5) is 0 Å². The average Bonchev–Trinajstić information content (AvgIpc) is 3.01. The van der Waals surface area contributed by atoms with Crippen LogP contribution in [0.5, 0.6) is 0 Å². The number of allylic oxidation sites excluding steroid dienone is 4. The van der Waals surface area contributed by atoms with Gasteiger partial charge in [0.25, 0.3) is 0 Å². The summed E-state index contributed by atoms with van der Waals surface area (Å²) in [6, 6.07) is 18.0. The van der Waals surface area contributed by atoms with Gasteiger partial charge in [-0.1, -0.05) is 60.7 Å². The first-order chi connectivity index (χ1) is 12.4. The van der Waals surface area contributed by atoms with Gasteiger partial charge in [-0.3, -0.25) is 0 Å². The van der Waals surface area contributed by atoms with Gasteiger partial charge in [0, 0.05) is 12.4 Å². The van der Waals surface area contributed by atoms with Crippen LogP contribution in [0.3, 0.4) is 0 Å². The van der Waals surface area contributed by atoms with Crippen LogP contribution in [-0.2, 0) is 12.8 Å². The summed E-state index contributed by atoms with van der Waals surface area (Å²) in [5.41, 5.74) is 3.17. The Morgan fingerprint density at radius 3 is 2.24 bits per heavy atom. The summed E-state index contributed by atoms with van der Waals surface area (Å²) in [5.74, 6) is 0. The molecule has 1 heteroatoms. The monoisotopic (exact) mass is 325 g/mol. The Hall–Kier alpha value is -2.80. The van der Waals surface area contributed by atoms with Crippen LogP contribution in [0.15, 0.2) is 85.2 Å². The maximum Gasteiger partial charge on any atom is 0.000442 e. The summed E-state index contributed by atoms with van der Waals surface area (Å²) >= 11 is 0. The van der Waals surface area contributed by atoms with Crippen molar-refractivity contribution in [3.05, 3.63) is 96.4 Å². The first-order valence-corrected chi connectivity index (χ1v) is 9.10. The summed E-state index contributed by atoms with van der Waals surface area (Å²) in [6.07, 6.45) is 16.8. The zero-order valence-electron chi connectivity index (χ0n) is 14.4. The van der Waals surface area contributed by atoms with Crippen LogP contribution in [0.1, 0.15) is 24.0 Å². The van der Waals surface area contributed by atoms with Crippen molar-refractivity contribution < 1.29 is 0 Å². The van der Waals surface area contributed by atoms with E-state index < -0.39 is 0 Å². The molecule has 25 heavy (non-hydrogen) atoms. The van der Waals surface area contributed by atoms with Crippen LogP contribution >= 0.6 is 0 Å².